The molecule has 1 aromatic rings. The lowest BCUT2D eigenvalue weighted by atomic mass is 10.2. The van der Waals surface area contributed by atoms with E-state index in [4.69, 9.17) is 0 Å². The van der Waals surface area contributed by atoms with Gasteiger partial charge in [-0.05, 0) is 39.9 Å². The van der Waals surface area contributed by atoms with Gasteiger partial charge in [-0.2, -0.15) is 4.39 Å². The number of pyridine rings is 1. The summed E-state index contributed by atoms with van der Waals surface area (Å²) in [6, 6.07) is 1.59. The number of nitrogens with one attached hydrogen (secondary N) is 1. The number of aromatic nitrogens is 1. The van der Waals surface area contributed by atoms with Gasteiger partial charge in [0.2, 0.25) is 5.95 Å². The normalized spacial score (nSPS) is 11.1. The summed E-state index contributed by atoms with van der Waals surface area (Å²) in [4.78, 5) is 16.9. The van der Waals surface area contributed by atoms with Crippen molar-refractivity contribution in [3.63, 3.8) is 0 Å². The van der Waals surface area contributed by atoms with E-state index in [1.165, 1.54) is 0 Å². The maximum absolute atomic E-state index is 13.3. The molecule has 0 bridgehead atoms. The van der Waals surface area contributed by atoms with Gasteiger partial charge in [-0.25, -0.2) is 9.37 Å². The molecule has 1 amide bonds. The first kappa shape index (κ1) is 15.5. The van der Waals surface area contributed by atoms with Crippen LogP contribution in [0.3, 0.4) is 0 Å². The Morgan fingerprint density at radius 2 is 2.16 bits per heavy atom. The first-order chi connectivity index (χ1) is 8.93. The SMILES string of the molecule is CC(C)N(C)CCCNC(=O)c1ccnc(F)c1F. The molecule has 1 rings (SSSR count). The van der Waals surface area contributed by atoms with Crippen LogP contribution in [0.2, 0.25) is 0 Å². The summed E-state index contributed by atoms with van der Waals surface area (Å²) in [5.74, 6) is -3.09. The predicted octanol–water partition coefficient (Wildman–Crippen LogP) is 1.82. The number of nitrogens with zero attached hydrogens (tertiary/aromatic N) is 2. The molecule has 0 unspecified atom stereocenters. The molecule has 0 atom stereocenters. The number of hydrogen-bond donors (Lipinski definition) is 1. The number of amides is 1. The lowest BCUT2D eigenvalue weighted by Crippen LogP contribution is -2.31. The van der Waals surface area contributed by atoms with Gasteiger partial charge in [-0.15, -0.1) is 0 Å². The molecule has 0 fully saturated rings. The van der Waals surface area contributed by atoms with Crippen molar-refractivity contribution in [3.05, 3.63) is 29.6 Å². The predicted molar refractivity (Wildman–Crippen MR) is 68.9 cm³/mol. The van der Waals surface area contributed by atoms with E-state index in [0.29, 0.717) is 12.6 Å². The van der Waals surface area contributed by atoms with Crippen LogP contribution >= 0.6 is 0 Å². The molecule has 1 N–H and O–H groups in total. The molecule has 106 valence electrons. The van der Waals surface area contributed by atoms with Gasteiger partial charge in [0, 0.05) is 18.8 Å². The number of rotatable bonds is 6. The number of halogens is 2. The van der Waals surface area contributed by atoms with Crippen LogP contribution in [0.15, 0.2) is 12.3 Å². The molecule has 0 aromatic carbocycles. The van der Waals surface area contributed by atoms with Crippen LogP contribution in [0.4, 0.5) is 8.78 Å². The maximum atomic E-state index is 13.3. The largest absolute Gasteiger partial charge is 0.352 e. The molecule has 0 saturated heterocycles. The lowest BCUT2D eigenvalue weighted by Gasteiger charge is -2.20. The third-order valence-corrected chi connectivity index (χ3v) is 2.95. The quantitative estimate of drug-likeness (QED) is 0.634. The second-order valence-corrected chi connectivity index (χ2v) is 4.65. The molecule has 1 heterocycles. The average Bonchev–Trinajstić information content (AvgIpc) is 2.37. The monoisotopic (exact) mass is 271 g/mol. The van der Waals surface area contributed by atoms with Crippen molar-refractivity contribution in [3.8, 4) is 0 Å². The van der Waals surface area contributed by atoms with E-state index in [0.717, 1.165) is 25.2 Å². The summed E-state index contributed by atoms with van der Waals surface area (Å²) in [6.45, 7) is 5.39. The fourth-order valence-corrected chi connectivity index (χ4v) is 1.48. The molecule has 0 saturated carbocycles. The zero-order chi connectivity index (χ0) is 14.4. The lowest BCUT2D eigenvalue weighted by molar-refractivity contribution is 0.0946. The van der Waals surface area contributed by atoms with E-state index >= 15 is 0 Å². The van der Waals surface area contributed by atoms with Gasteiger partial charge < -0.3 is 10.2 Å². The van der Waals surface area contributed by atoms with Crippen LogP contribution in [-0.2, 0) is 0 Å². The maximum Gasteiger partial charge on any atom is 0.254 e. The van der Waals surface area contributed by atoms with Gasteiger partial charge in [-0.1, -0.05) is 0 Å². The highest BCUT2D eigenvalue weighted by atomic mass is 19.2. The molecule has 0 aliphatic rings. The summed E-state index contributed by atoms with van der Waals surface area (Å²) in [5.41, 5.74) is -0.315. The van der Waals surface area contributed by atoms with Crippen LogP contribution in [-0.4, -0.2) is 42.0 Å². The van der Waals surface area contributed by atoms with E-state index < -0.39 is 17.7 Å². The van der Waals surface area contributed by atoms with E-state index in [1.807, 2.05) is 7.05 Å². The number of carbonyl (C=O) groups is 1. The summed E-state index contributed by atoms with van der Waals surface area (Å²) >= 11 is 0. The van der Waals surface area contributed by atoms with Gasteiger partial charge in [0.1, 0.15) is 0 Å². The molecular weight excluding hydrogens is 252 g/mol. The van der Waals surface area contributed by atoms with Gasteiger partial charge in [0.05, 0.1) is 5.56 Å². The third kappa shape index (κ3) is 4.55. The summed E-state index contributed by atoms with van der Waals surface area (Å²) in [7, 11) is 1.99. The molecule has 6 heteroatoms. The first-order valence-corrected chi connectivity index (χ1v) is 6.22. The average molecular weight is 271 g/mol. The van der Waals surface area contributed by atoms with Crippen LogP contribution in [0, 0.1) is 11.8 Å². The summed E-state index contributed by atoms with van der Waals surface area (Å²) in [6.07, 6.45) is 1.81. The van der Waals surface area contributed by atoms with Gasteiger partial charge in [-0.3, -0.25) is 4.79 Å². The second kappa shape index (κ2) is 7.13. The first-order valence-electron chi connectivity index (χ1n) is 6.22. The Balaban J connectivity index is 2.42. The fourth-order valence-electron chi connectivity index (χ4n) is 1.48. The van der Waals surface area contributed by atoms with E-state index in [1.54, 1.807) is 0 Å². The molecule has 0 spiro atoms. The topological polar surface area (TPSA) is 45.2 Å². The van der Waals surface area contributed by atoms with Gasteiger partial charge in [0.15, 0.2) is 5.82 Å². The van der Waals surface area contributed by atoms with Crippen molar-refractivity contribution < 1.29 is 13.6 Å². The van der Waals surface area contributed by atoms with Gasteiger partial charge in [0.25, 0.3) is 5.91 Å². The fraction of sp³-hybridized carbons (Fsp3) is 0.538. The Hall–Kier alpha value is -1.56. The minimum absolute atomic E-state index is 0.315. The molecule has 0 aliphatic heterocycles. The Kier molecular flexibility index (Phi) is 5.82. The van der Waals surface area contributed by atoms with Crippen molar-refractivity contribution in [2.24, 2.45) is 0 Å². The van der Waals surface area contributed by atoms with Gasteiger partial charge >= 0.3 is 0 Å². The molecule has 4 nitrogen and oxygen atoms in total. The molecular formula is C13H19F2N3O. The Bertz CT molecular complexity index is 438. The molecule has 0 aliphatic carbocycles. The standard InChI is InChI=1S/C13H19F2N3O/c1-9(2)18(3)8-4-6-17-13(19)10-5-7-16-12(15)11(10)14/h5,7,9H,4,6,8H2,1-3H3,(H,17,19). The Labute approximate surface area is 111 Å². The van der Waals surface area contributed by atoms with E-state index in [2.05, 4.69) is 29.0 Å². The summed E-state index contributed by atoms with van der Waals surface area (Å²) in [5, 5.41) is 2.56. The zero-order valence-corrected chi connectivity index (χ0v) is 11.4. The van der Waals surface area contributed by atoms with Crippen molar-refractivity contribution >= 4 is 5.91 Å². The van der Waals surface area contributed by atoms with Crippen LogP contribution < -0.4 is 5.32 Å². The molecule has 19 heavy (non-hydrogen) atoms. The second-order valence-electron chi connectivity index (χ2n) is 4.65. The van der Waals surface area contributed by atoms with Crippen LogP contribution in [0.5, 0.6) is 0 Å². The third-order valence-electron chi connectivity index (χ3n) is 2.95. The summed E-state index contributed by atoms with van der Waals surface area (Å²) < 4.78 is 26.1. The van der Waals surface area contributed by atoms with Crippen molar-refractivity contribution in [2.75, 3.05) is 20.1 Å². The number of hydrogen-bond acceptors (Lipinski definition) is 3. The van der Waals surface area contributed by atoms with E-state index in [-0.39, 0.29) is 5.56 Å². The highest BCUT2D eigenvalue weighted by Crippen LogP contribution is 2.08. The zero-order valence-electron chi connectivity index (χ0n) is 11.4. The molecule has 1 aromatic heterocycles. The van der Waals surface area contributed by atoms with Crippen LogP contribution in [0.1, 0.15) is 30.6 Å². The minimum Gasteiger partial charge on any atom is -0.352 e. The number of carbonyl (C=O) groups excluding carboxylic acids is 1. The Morgan fingerprint density at radius 3 is 2.79 bits per heavy atom. The smallest absolute Gasteiger partial charge is 0.254 e. The molecule has 0 radical (unpaired) electrons. The van der Waals surface area contributed by atoms with Crippen molar-refractivity contribution in [2.45, 2.75) is 26.3 Å². The van der Waals surface area contributed by atoms with Crippen LogP contribution in [0.25, 0.3) is 0 Å². The van der Waals surface area contributed by atoms with Crippen molar-refractivity contribution in [1.82, 2.24) is 15.2 Å². The highest BCUT2D eigenvalue weighted by molar-refractivity contribution is 5.94. The van der Waals surface area contributed by atoms with E-state index in [9.17, 15) is 13.6 Å². The highest BCUT2D eigenvalue weighted by Gasteiger charge is 2.15. The minimum atomic E-state index is -1.26. The Morgan fingerprint density at radius 1 is 1.47 bits per heavy atom. The van der Waals surface area contributed by atoms with Crippen molar-refractivity contribution in [1.29, 1.82) is 0 Å².